The minimum Gasteiger partial charge on any atom is -0.475 e. The Morgan fingerprint density at radius 1 is 1.03 bits per heavy atom. The van der Waals surface area contributed by atoms with Crippen LogP contribution in [-0.2, 0) is 9.59 Å². The van der Waals surface area contributed by atoms with Gasteiger partial charge in [0.2, 0.25) is 5.91 Å². The van der Waals surface area contributed by atoms with Gasteiger partial charge in [-0.25, -0.2) is 4.79 Å². The normalized spacial score (nSPS) is 25.0. The zero-order valence-electron chi connectivity index (χ0n) is 18.7. The van der Waals surface area contributed by atoms with Gasteiger partial charge in [0.25, 0.3) is 5.91 Å². The maximum Gasteiger partial charge on any atom is 0.490 e. The van der Waals surface area contributed by atoms with Crippen molar-refractivity contribution in [3.63, 3.8) is 0 Å². The van der Waals surface area contributed by atoms with E-state index in [9.17, 15) is 22.8 Å². The third kappa shape index (κ3) is 5.35. The number of aliphatic carboxylic acids is 1. The van der Waals surface area contributed by atoms with E-state index < -0.39 is 12.1 Å². The molecule has 2 amide bonds. The van der Waals surface area contributed by atoms with Gasteiger partial charge in [0, 0.05) is 38.3 Å². The summed E-state index contributed by atoms with van der Waals surface area (Å²) in [7, 11) is 0. The monoisotopic (exact) mass is 503 g/mol. The fourth-order valence-corrected chi connectivity index (χ4v) is 5.73. The second-order valence-electron chi connectivity index (χ2n) is 9.38. The molecular formula is C21H28F3N5O4S. The zero-order valence-corrected chi connectivity index (χ0v) is 19.5. The third-order valence-corrected chi connectivity index (χ3v) is 7.94. The minimum absolute atomic E-state index is 0.00745. The van der Waals surface area contributed by atoms with E-state index in [1.54, 1.807) is 0 Å². The molecule has 34 heavy (non-hydrogen) atoms. The molecule has 1 aromatic heterocycles. The van der Waals surface area contributed by atoms with Crippen LogP contribution in [-0.4, -0.2) is 98.2 Å². The van der Waals surface area contributed by atoms with Gasteiger partial charge in [-0.05, 0) is 62.4 Å². The third-order valence-electron chi connectivity index (χ3n) is 7.05. The summed E-state index contributed by atoms with van der Waals surface area (Å²) in [4.78, 5) is 42.0. The van der Waals surface area contributed by atoms with Gasteiger partial charge in [0.1, 0.15) is 0 Å². The van der Waals surface area contributed by atoms with Crippen molar-refractivity contribution in [3.05, 3.63) is 10.6 Å². The highest BCUT2D eigenvalue weighted by molar-refractivity contribution is 7.06. The number of rotatable bonds is 4. The van der Waals surface area contributed by atoms with Crippen LogP contribution in [0.2, 0.25) is 0 Å². The summed E-state index contributed by atoms with van der Waals surface area (Å²) in [6.07, 6.45) is 2.63. The van der Waals surface area contributed by atoms with E-state index in [-0.39, 0.29) is 17.4 Å². The number of likely N-dealkylation sites (tertiary alicyclic amines) is 3. The van der Waals surface area contributed by atoms with Crippen molar-refractivity contribution in [1.82, 2.24) is 24.3 Å². The molecule has 1 spiro atoms. The van der Waals surface area contributed by atoms with E-state index >= 15 is 0 Å². The predicted octanol–water partition coefficient (Wildman–Crippen LogP) is 2.35. The Morgan fingerprint density at radius 3 is 2.24 bits per heavy atom. The van der Waals surface area contributed by atoms with E-state index in [1.807, 2.05) is 9.80 Å². The Kier molecular flexibility index (Phi) is 7.13. The van der Waals surface area contributed by atoms with Crippen LogP contribution in [0.3, 0.4) is 0 Å². The number of halogens is 3. The van der Waals surface area contributed by atoms with E-state index in [0.717, 1.165) is 82.5 Å². The van der Waals surface area contributed by atoms with Crippen molar-refractivity contribution in [2.24, 2.45) is 0 Å². The molecule has 5 rings (SSSR count). The minimum atomic E-state index is -5.08. The van der Waals surface area contributed by atoms with Crippen molar-refractivity contribution in [3.8, 4) is 0 Å². The Bertz CT molecular complexity index is 932. The summed E-state index contributed by atoms with van der Waals surface area (Å²) < 4.78 is 35.8. The highest BCUT2D eigenvalue weighted by Gasteiger charge is 2.49. The van der Waals surface area contributed by atoms with E-state index in [2.05, 4.69) is 14.5 Å². The van der Waals surface area contributed by atoms with Crippen LogP contribution >= 0.6 is 11.5 Å². The average Bonchev–Trinajstić information content (AvgIpc) is 3.27. The number of hydrogen-bond acceptors (Lipinski definition) is 7. The summed E-state index contributed by atoms with van der Waals surface area (Å²) >= 11 is 1.39. The molecule has 1 aliphatic carbocycles. The quantitative estimate of drug-likeness (QED) is 0.672. The molecule has 1 atom stereocenters. The number of carbonyl (C=O) groups is 3. The van der Waals surface area contributed by atoms with Crippen molar-refractivity contribution < 1.29 is 32.7 Å². The number of alkyl halides is 3. The molecule has 1 saturated carbocycles. The Hall–Kier alpha value is -2.28. The summed E-state index contributed by atoms with van der Waals surface area (Å²) in [5.74, 6) is -1.95. The maximum absolute atomic E-state index is 13.1. The lowest BCUT2D eigenvalue weighted by atomic mass is 9.77. The highest BCUT2D eigenvalue weighted by atomic mass is 32.1. The molecule has 9 nitrogen and oxygen atoms in total. The second kappa shape index (κ2) is 9.76. The van der Waals surface area contributed by atoms with Gasteiger partial charge in [-0.2, -0.15) is 13.2 Å². The fourth-order valence-electron chi connectivity index (χ4n) is 4.92. The number of amides is 2. The molecule has 188 valence electrons. The van der Waals surface area contributed by atoms with Gasteiger partial charge in [0.15, 0.2) is 5.69 Å². The number of aromatic nitrogens is 2. The summed E-state index contributed by atoms with van der Waals surface area (Å²) in [5, 5.41) is 11.3. The van der Waals surface area contributed by atoms with Crippen LogP contribution in [0.5, 0.6) is 0 Å². The highest BCUT2D eigenvalue weighted by Crippen LogP contribution is 2.44. The van der Waals surface area contributed by atoms with E-state index in [4.69, 9.17) is 9.90 Å². The zero-order chi connectivity index (χ0) is 24.5. The first-order valence-electron chi connectivity index (χ1n) is 11.6. The molecular weight excluding hydrogens is 475 g/mol. The SMILES string of the molecule is O=C(CN1CCC12CCCN(C(=O)c1nnsc1C1CC1)C2)N1CCCC1.O=C(O)C(F)(F)F. The number of carboxylic acid groups (broad SMARTS) is 1. The smallest absolute Gasteiger partial charge is 0.475 e. The van der Waals surface area contributed by atoms with Gasteiger partial charge < -0.3 is 14.9 Å². The molecule has 4 aliphatic rings. The van der Waals surface area contributed by atoms with Crippen LogP contribution in [0.25, 0.3) is 0 Å². The molecule has 3 aliphatic heterocycles. The van der Waals surface area contributed by atoms with Gasteiger partial charge in [-0.1, -0.05) is 4.49 Å². The van der Waals surface area contributed by atoms with Gasteiger partial charge in [-0.3, -0.25) is 14.5 Å². The average molecular weight is 504 g/mol. The largest absolute Gasteiger partial charge is 0.490 e. The van der Waals surface area contributed by atoms with Gasteiger partial charge in [0.05, 0.1) is 11.4 Å². The number of carbonyl (C=O) groups excluding carboxylic acids is 2. The summed E-state index contributed by atoms with van der Waals surface area (Å²) in [6, 6.07) is 0. The molecule has 0 aromatic carbocycles. The molecule has 1 aromatic rings. The molecule has 0 radical (unpaired) electrons. The summed E-state index contributed by atoms with van der Waals surface area (Å²) in [5.41, 5.74) is 0.575. The first kappa shape index (κ1) is 24.8. The van der Waals surface area contributed by atoms with Crippen molar-refractivity contribution in [2.75, 3.05) is 39.3 Å². The molecule has 0 bridgehead atoms. The second-order valence-corrected chi connectivity index (χ2v) is 10.2. The Balaban J connectivity index is 0.000000344. The molecule has 1 unspecified atom stereocenters. The van der Waals surface area contributed by atoms with Crippen LogP contribution < -0.4 is 0 Å². The molecule has 4 heterocycles. The van der Waals surface area contributed by atoms with Crippen molar-refractivity contribution in [1.29, 1.82) is 0 Å². The standard InChI is InChI=1S/C19H27N5O2S.C2HF3O2/c25-15(22-8-1-2-9-22)12-24-11-7-19(24)6-3-10-23(13-19)18(26)16-17(14-4-5-14)27-21-20-16;3-2(4,5)1(6)7/h14H,1-13H2;(H,6,7). The topological polar surface area (TPSA) is 107 Å². The van der Waals surface area contributed by atoms with Crippen LogP contribution in [0.4, 0.5) is 13.2 Å². The van der Waals surface area contributed by atoms with Crippen molar-refractivity contribution >= 4 is 29.3 Å². The first-order chi connectivity index (χ1) is 16.1. The first-order valence-corrected chi connectivity index (χ1v) is 12.3. The van der Waals surface area contributed by atoms with Crippen LogP contribution in [0, 0.1) is 0 Å². The molecule has 13 heteroatoms. The van der Waals surface area contributed by atoms with Crippen LogP contribution in [0.1, 0.15) is 66.2 Å². The van der Waals surface area contributed by atoms with Crippen molar-refractivity contribution in [2.45, 2.75) is 62.6 Å². The lowest BCUT2D eigenvalue weighted by Crippen LogP contribution is -2.68. The number of piperidine rings is 1. The van der Waals surface area contributed by atoms with Gasteiger partial charge >= 0.3 is 12.1 Å². The number of hydrogen-bond donors (Lipinski definition) is 1. The maximum atomic E-state index is 13.1. The Morgan fingerprint density at radius 2 is 1.68 bits per heavy atom. The summed E-state index contributed by atoms with van der Waals surface area (Å²) in [6.45, 7) is 4.80. The Labute approximate surface area is 199 Å². The molecule has 3 saturated heterocycles. The molecule has 4 fully saturated rings. The van der Waals surface area contributed by atoms with E-state index in [1.165, 1.54) is 11.5 Å². The fraction of sp³-hybridized carbons (Fsp3) is 0.762. The molecule has 1 N–H and O–H groups in total. The van der Waals surface area contributed by atoms with Crippen LogP contribution in [0.15, 0.2) is 0 Å². The lowest BCUT2D eigenvalue weighted by molar-refractivity contribution is -0.192. The van der Waals surface area contributed by atoms with Gasteiger partial charge in [-0.15, -0.1) is 5.10 Å². The predicted molar refractivity (Wildman–Crippen MR) is 115 cm³/mol. The lowest BCUT2D eigenvalue weighted by Gasteiger charge is -2.57. The number of nitrogens with zero attached hydrogens (tertiary/aromatic N) is 5. The van der Waals surface area contributed by atoms with E-state index in [0.29, 0.717) is 18.2 Å². The number of carboxylic acids is 1.